The Morgan fingerprint density at radius 3 is 2.70 bits per heavy atom. The van der Waals surface area contributed by atoms with Crippen LogP contribution in [-0.2, 0) is 4.79 Å². The smallest absolute Gasteiger partial charge is 0.226 e. The van der Waals surface area contributed by atoms with E-state index in [1.807, 2.05) is 25.1 Å². The van der Waals surface area contributed by atoms with Gasteiger partial charge in [-0.2, -0.15) is 0 Å². The average Bonchev–Trinajstić information content (AvgIpc) is 2.50. The van der Waals surface area contributed by atoms with E-state index in [4.69, 9.17) is 9.84 Å². The summed E-state index contributed by atoms with van der Waals surface area (Å²) < 4.78 is 18.8. The molecule has 0 spiro atoms. The van der Waals surface area contributed by atoms with Gasteiger partial charge in [-0.05, 0) is 36.8 Å². The summed E-state index contributed by atoms with van der Waals surface area (Å²) in [6, 6.07) is 9.30. The summed E-state index contributed by atoms with van der Waals surface area (Å²) in [4.78, 5) is 11.8. The number of aryl methyl sites for hydroxylation is 1. The zero-order chi connectivity index (χ0) is 16.8. The number of halogens is 1. The fraction of sp³-hybridized carbons (Fsp3) is 0.235. The molecule has 0 aliphatic carbocycles. The molecule has 6 heteroatoms. The molecule has 23 heavy (non-hydrogen) atoms. The van der Waals surface area contributed by atoms with Crippen molar-refractivity contribution in [2.45, 2.75) is 13.3 Å². The standard InChI is InChI=1S/C17H19FN2O3/c1-11-3-6-16(23-2)15(9-11)19-8-7-17(22)20-14-5-4-12(21)10-13(14)18/h3-6,9-10,19,21H,7-8H2,1-2H3,(H,20,22). The second kappa shape index (κ2) is 7.49. The lowest BCUT2D eigenvalue weighted by Gasteiger charge is -2.12. The Labute approximate surface area is 134 Å². The molecule has 0 aromatic heterocycles. The van der Waals surface area contributed by atoms with Crippen molar-refractivity contribution >= 4 is 17.3 Å². The minimum Gasteiger partial charge on any atom is -0.508 e. The van der Waals surface area contributed by atoms with E-state index in [-0.39, 0.29) is 23.8 Å². The Balaban J connectivity index is 1.89. The van der Waals surface area contributed by atoms with Crippen LogP contribution in [0.3, 0.4) is 0 Å². The van der Waals surface area contributed by atoms with Crippen molar-refractivity contribution < 1.29 is 19.0 Å². The number of aromatic hydroxyl groups is 1. The quantitative estimate of drug-likeness (QED) is 0.715. The molecule has 0 saturated heterocycles. The average molecular weight is 318 g/mol. The summed E-state index contributed by atoms with van der Waals surface area (Å²) in [5.74, 6) is -0.491. The maximum Gasteiger partial charge on any atom is 0.226 e. The van der Waals surface area contributed by atoms with Crippen LogP contribution < -0.4 is 15.4 Å². The van der Waals surface area contributed by atoms with Crippen LogP contribution in [0.25, 0.3) is 0 Å². The van der Waals surface area contributed by atoms with Crippen LogP contribution in [0, 0.1) is 12.7 Å². The van der Waals surface area contributed by atoms with E-state index in [0.29, 0.717) is 12.3 Å². The van der Waals surface area contributed by atoms with Gasteiger partial charge in [-0.1, -0.05) is 6.07 Å². The van der Waals surface area contributed by atoms with E-state index >= 15 is 0 Å². The van der Waals surface area contributed by atoms with Crippen LogP contribution in [0.4, 0.5) is 15.8 Å². The van der Waals surface area contributed by atoms with Crippen LogP contribution in [0.5, 0.6) is 11.5 Å². The predicted octanol–water partition coefficient (Wildman–Crippen LogP) is 3.29. The molecule has 0 atom stereocenters. The highest BCUT2D eigenvalue weighted by atomic mass is 19.1. The first kappa shape index (κ1) is 16.6. The lowest BCUT2D eigenvalue weighted by molar-refractivity contribution is -0.116. The summed E-state index contributed by atoms with van der Waals surface area (Å²) in [6.07, 6.45) is 0.164. The van der Waals surface area contributed by atoms with E-state index in [1.165, 1.54) is 12.1 Å². The Morgan fingerprint density at radius 2 is 2.00 bits per heavy atom. The molecular weight excluding hydrogens is 299 g/mol. The Kier molecular flexibility index (Phi) is 5.41. The fourth-order valence-corrected chi connectivity index (χ4v) is 2.09. The minimum atomic E-state index is -0.674. The van der Waals surface area contributed by atoms with E-state index in [0.717, 1.165) is 17.3 Å². The molecule has 2 rings (SSSR count). The molecule has 122 valence electrons. The largest absolute Gasteiger partial charge is 0.508 e. The third kappa shape index (κ3) is 4.60. The third-order valence-electron chi connectivity index (χ3n) is 3.25. The molecule has 0 aliphatic heterocycles. The summed E-state index contributed by atoms with van der Waals surface area (Å²) in [5, 5.41) is 14.7. The highest BCUT2D eigenvalue weighted by Crippen LogP contribution is 2.25. The lowest BCUT2D eigenvalue weighted by Crippen LogP contribution is -2.17. The van der Waals surface area contributed by atoms with E-state index < -0.39 is 5.82 Å². The fourth-order valence-electron chi connectivity index (χ4n) is 2.09. The van der Waals surface area contributed by atoms with Gasteiger partial charge in [-0.25, -0.2) is 4.39 Å². The van der Waals surface area contributed by atoms with Gasteiger partial charge in [0.2, 0.25) is 5.91 Å². The van der Waals surface area contributed by atoms with Crippen molar-refractivity contribution in [1.82, 2.24) is 0 Å². The number of nitrogens with one attached hydrogen (secondary N) is 2. The molecular formula is C17H19FN2O3. The summed E-state index contributed by atoms with van der Waals surface area (Å²) in [6.45, 7) is 2.34. The number of benzene rings is 2. The summed E-state index contributed by atoms with van der Waals surface area (Å²) in [7, 11) is 1.58. The van der Waals surface area contributed by atoms with Gasteiger partial charge >= 0.3 is 0 Å². The van der Waals surface area contributed by atoms with Crippen LogP contribution in [-0.4, -0.2) is 24.7 Å². The summed E-state index contributed by atoms with van der Waals surface area (Å²) >= 11 is 0. The van der Waals surface area contributed by atoms with Gasteiger partial charge in [0.15, 0.2) is 0 Å². The number of hydrogen-bond acceptors (Lipinski definition) is 4. The van der Waals surface area contributed by atoms with Crippen LogP contribution in [0.15, 0.2) is 36.4 Å². The number of carbonyl (C=O) groups is 1. The predicted molar refractivity (Wildman–Crippen MR) is 87.5 cm³/mol. The van der Waals surface area contributed by atoms with Crippen molar-refractivity contribution in [3.8, 4) is 11.5 Å². The molecule has 2 aromatic rings. The van der Waals surface area contributed by atoms with Gasteiger partial charge in [0.25, 0.3) is 0 Å². The molecule has 5 nitrogen and oxygen atoms in total. The normalized spacial score (nSPS) is 10.2. The van der Waals surface area contributed by atoms with Crippen molar-refractivity contribution in [2.75, 3.05) is 24.3 Å². The van der Waals surface area contributed by atoms with Crippen LogP contribution in [0.1, 0.15) is 12.0 Å². The number of hydrogen-bond donors (Lipinski definition) is 3. The monoisotopic (exact) mass is 318 g/mol. The molecule has 0 aliphatic rings. The zero-order valence-electron chi connectivity index (χ0n) is 13.0. The Morgan fingerprint density at radius 1 is 1.22 bits per heavy atom. The van der Waals surface area contributed by atoms with Gasteiger partial charge in [-0.15, -0.1) is 0 Å². The van der Waals surface area contributed by atoms with Gasteiger partial charge in [0.05, 0.1) is 18.5 Å². The second-order valence-electron chi connectivity index (χ2n) is 5.09. The third-order valence-corrected chi connectivity index (χ3v) is 3.25. The SMILES string of the molecule is COc1ccc(C)cc1NCCC(=O)Nc1ccc(O)cc1F. The number of amides is 1. The first-order valence-corrected chi connectivity index (χ1v) is 7.16. The first-order valence-electron chi connectivity index (χ1n) is 7.16. The zero-order valence-corrected chi connectivity index (χ0v) is 13.0. The molecule has 2 aromatic carbocycles. The molecule has 0 radical (unpaired) electrons. The van der Waals surface area contributed by atoms with Crippen molar-refractivity contribution in [2.24, 2.45) is 0 Å². The number of methoxy groups -OCH3 is 1. The number of phenols is 1. The van der Waals surface area contributed by atoms with Gasteiger partial charge in [-0.3, -0.25) is 4.79 Å². The lowest BCUT2D eigenvalue weighted by atomic mass is 10.2. The molecule has 0 bridgehead atoms. The Hall–Kier alpha value is -2.76. The van der Waals surface area contributed by atoms with Gasteiger partial charge in [0.1, 0.15) is 17.3 Å². The van der Waals surface area contributed by atoms with Crippen molar-refractivity contribution in [3.63, 3.8) is 0 Å². The highest BCUT2D eigenvalue weighted by Gasteiger charge is 2.08. The molecule has 0 saturated carbocycles. The first-order chi connectivity index (χ1) is 11.0. The number of anilines is 2. The van der Waals surface area contributed by atoms with Gasteiger partial charge < -0.3 is 20.5 Å². The van der Waals surface area contributed by atoms with Gasteiger partial charge in [0, 0.05) is 19.0 Å². The number of rotatable bonds is 6. The second-order valence-corrected chi connectivity index (χ2v) is 5.09. The minimum absolute atomic E-state index is 0.0425. The topological polar surface area (TPSA) is 70.6 Å². The number of ether oxygens (including phenoxy) is 1. The molecule has 1 amide bonds. The van der Waals surface area contributed by atoms with Crippen LogP contribution in [0.2, 0.25) is 0 Å². The maximum atomic E-state index is 13.5. The summed E-state index contributed by atoms with van der Waals surface area (Å²) in [5.41, 5.74) is 1.92. The maximum absolute atomic E-state index is 13.5. The molecule has 0 heterocycles. The number of phenolic OH excluding ortho intramolecular Hbond substituents is 1. The van der Waals surface area contributed by atoms with Crippen molar-refractivity contribution in [3.05, 3.63) is 47.8 Å². The van der Waals surface area contributed by atoms with Crippen LogP contribution >= 0.6 is 0 Å². The van der Waals surface area contributed by atoms with E-state index in [9.17, 15) is 9.18 Å². The number of carbonyl (C=O) groups excluding carboxylic acids is 1. The molecule has 0 fully saturated rings. The van der Waals surface area contributed by atoms with E-state index in [1.54, 1.807) is 7.11 Å². The molecule has 3 N–H and O–H groups in total. The molecule has 0 unspecified atom stereocenters. The Bertz CT molecular complexity index is 704. The van der Waals surface area contributed by atoms with E-state index in [2.05, 4.69) is 10.6 Å². The van der Waals surface area contributed by atoms with Crippen molar-refractivity contribution in [1.29, 1.82) is 0 Å². The highest BCUT2D eigenvalue weighted by molar-refractivity contribution is 5.91.